The first-order valence-electron chi connectivity index (χ1n) is 7.27. The second-order valence-corrected chi connectivity index (χ2v) is 6.02. The lowest BCUT2D eigenvalue weighted by Crippen LogP contribution is -2.53. The Bertz CT molecular complexity index is 531. The van der Waals surface area contributed by atoms with E-state index in [1.54, 1.807) is 13.1 Å². The van der Waals surface area contributed by atoms with Crippen molar-refractivity contribution in [2.45, 2.75) is 38.1 Å². The molecule has 0 heterocycles. The van der Waals surface area contributed by atoms with Crippen LogP contribution in [-0.2, 0) is 4.79 Å². The van der Waals surface area contributed by atoms with Crippen molar-refractivity contribution < 1.29 is 13.9 Å². The number of rotatable bonds is 3. The van der Waals surface area contributed by atoms with Gasteiger partial charge in [0.25, 0.3) is 0 Å². The van der Waals surface area contributed by atoms with E-state index < -0.39 is 11.4 Å². The Labute approximate surface area is 125 Å². The molecule has 0 spiro atoms. The van der Waals surface area contributed by atoms with Crippen LogP contribution in [0, 0.1) is 11.7 Å². The molecule has 1 aromatic carbocycles. The standard InChI is InChI=1S/C16H23FN2O2/c1-16(18)9-5-4-6-12(16)15(20)19(2)11-7-8-14(21-3)13(17)10-11/h7-8,10,12H,4-6,9,18H2,1-3H3. The van der Waals surface area contributed by atoms with Crippen LogP contribution in [0.15, 0.2) is 18.2 Å². The number of amides is 1. The van der Waals surface area contributed by atoms with Crippen molar-refractivity contribution in [1.82, 2.24) is 0 Å². The van der Waals surface area contributed by atoms with E-state index in [9.17, 15) is 9.18 Å². The lowest BCUT2D eigenvalue weighted by molar-refractivity contribution is -0.125. The number of hydrogen-bond acceptors (Lipinski definition) is 3. The molecule has 1 aromatic rings. The first-order chi connectivity index (χ1) is 9.86. The highest BCUT2D eigenvalue weighted by molar-refractivity contribution is 5.95. The van der Waals surface area contributed by atoms with Gasteiger partial charge in [0.1, 0.15) is 0 Å². The van der Waals surface area contributed by atoms with Gasteiger partial charge in [0.15, 0.2) is 11.6 Å². The molecule has 0 aromatic heterocycles. The van der Waals surface area contributed by atoms with E-state index in [1.165, 1.54) is 24.1 Å². The third kappa shape index (κ3) is 3.18. The van der Waals surface area contributed by atoms with E-state index in [-0.39, 0.29) is 17.6 Å². The molecule has 0 radical (unpaired) electrons. The number of hydrogen-bond donors (Lipinski definition) is 1. The summed E-state index contributed by atoms with van der Waals surface area (Å²) in [5, 5.41) is 0. The first-order valence-corrected chi connectivity index (χ1v) is 7.27. The normalized spacial score (nSPS) is 25.5. The monoisotopic (exact) mass is 294 g/mol. The number of ether oxygens (including phenoxy) is 1. The summed E-state index contributed by atoms with van der Waals surface area (Å²) in [7, 11) is 3.07. The Morgan fingerprint density at radius 1 is 1.48 bits per heavy atom. The minimum Gasteiger partial charge on any atom is -0.494 e. The molecule has 21 heavy (non-hydrogen) atoms. The summed E-state index contributed by atoms with van der Waals surface area (Å²) >= 11 is 0. The molecule has 2 rings (SSSR count). The molecule has 1 aliphatic carbocycles. The van der Waals surface area contributed by atoms with Gasteiger partial charge in [0, 0.05) is 24.3 Å². The van der Waals surface area contributed by atoms with Crippen LogP contribution in [0.1, 0.15) is 32.6 Å². The van der Waals surface area contributed by atoms with Gasteiger partial charge in [-0.05, 0) is 31.9 Å². The van der Waals surface area contributed by atoms with Crippen LogP contribution in [0.25, 0.3) is 0 Å². The summed E-state index contributed by atoms with van der Waals surface area (Å²) in [6, 6.07) is 4.51. The van der Waals surface area contributed by atoms with Crippen molar-refractivity contribution in [1.29, 1.82) is 0 Å². The van der Waals surface area contributed by atoms with Crippen molar-refractivity contribution in [2.24, 2.45) is 11.7 Å². The maximum Gasteiger partial charge on any atom is 0.231 e. The van der Waals surface area contributed by atoms with Crippen molar-refractivity contribution in [3.05, 3.63) is 24.0 Å². The molecule has 0 aliphatic heterocycles. The third-order valence-corrected chi connectivity index (χ3v) is 4.41. The molecule has 1 aliphatic rings. The minimum absolute atomic E-state index is 0.0516. The smallest absolute Gasteiger partial charge is 0.231 e. The molecule has 1 fully saturated rings. The summed E-state index contributed by atoms with van der Waals surface area (Å²) in [5.41, 5.74) is 6.29. The highest BCUT2D eigenvalue weighted by Gasteiger charge is 2.39. The first kappa shape index (κ1) is 15.8. The average Bonchev–Trinajstić information content (AvgIpc) is 2.45. The van der Waals surface area contributed by atoms with Crippen molar-refractivity contribution >= 4 is 11.6 Å². The number of benzene rings is 1. The van der Waals surface area contributed by atoms with E-state index in [0.29, 0.717) is 5.69 Å². The van der Waals surface area contributed by atoms with Gasteiger partial charge in [-0.1, -0.05) is 12.8 Å². The van der Waals surface area contributed by atoms with Gasteiger partial charge in [-0.15, -0.1) is 0 Å². The minimum atomic E-state index is -0.491. The summed E-state index contributed by atoms with van der Waals surface area (Å²) in [5.74, 6) is -0.583. The third-order valence-electron chi connectivity index (χ3n) is 4.41. The van der Waals surface area contributed by atoms with Crippen LogP contribution in [-0.4, -0.2) is 25.6 Å². The molecule has 4 nitrogen and oxygen atoms in total. The Balaban J connectivity index is 2.20. The molecule has 0 saturated heterocycles. The van der Waals surface area contributed by atoms with E-state index in [0.717, 1.165) is 25.7 Å². The highest BCUT2D eigenvalue weighted by Crippen LogP contribution is 2.34. The summed E-state index contributed by atoms with van der Waals surface area (Å²) in [6.45, 7) is 1.93. The maximum absolute atomic E-state index is 13.8. The fourth-order valence-corrected chi connectivity index (χ4v) is 2.99. The Hall–Kier alpha value is -1.62. The largest absolute Gasteiger partial charge is 0.494 e. The van der Waals surface area contributed by atoms with Crippen LogP contribution in [0.4, 0.5) is 10.1 Å². The zero-order valence-corrected chi connectivity index (χ0v) is 12.9. The van der Waals surface area contributed by atoms with Crippen LogP contribution >= 0.6 is 0 Å². The van der Waals surface area contributed by atoms with Crippen LogP contribution < -0.4 is 15.4 Å². The van der Waals surface area contributed by atoms with E-state index in [4.69, 9.17) is 10.5 Å². The molecule has 116 valence electrons. The van der Waals surface area contributed by atoms with Crippen LogP contribution in [0.2, 0.25) is 0 Å². The number of carbonyl (C=O) groups is 1. The van der Waals surface area contributed by atoms with Gasteiger partial charge in [-0.25, -0.2) is 4.39 Å². The molecule has 2 atom stereocenters. The zero-order valence-electron chi connectivity index (χ0n) is 12.9. The van der Waals surface area contributed by atoms with Crippen molar-refractivity contribution in [3.63, 3.8) is 0 Å². The lowest BCUT2D eigenvalue weighted by Gasteiger charge is -2.39. The number of anilines is 1. The molecule has 5 heteroatoms. The molecule has 2 N–H and O–H groups in total. The van der Waals surface area contributed by atoms with Gasteiger partial charge < -0.3 is 15.4 Å². The van der Waals surface area contributed by atoms with Gasteiger partial charge in [0.2, 0.25) is 5.91 Å². The summed E-state index contributed by atoms with van der Waals surface area (Å²) in [6.07, 6.45) is 3.69. The summed E-state index contributed by atoms with van der Waals surface area (Å²) in [4.78, 5) is 14.2. The van der Waals surface area contributed by atoms with E-state index in [2.05, 4.69) is 0 Å². The highest BCUT2D eigenvalue weighted by atomic mass is 19.1. The van der Waals surface area contributed by atoms with Gasteiger partial charge in [0.05, 0.1) is 13.0 Å². The predicted octanol–water partition coefficient (Wildman–Crippen LogP) is 2.70. The fraction of sp³-hybridized carbons (Fsp3) is 0.562. The average molecular weight is 294 g/mol. The molecule has 1 amide bonds. The van der Waals surface area contributed by atoms with Gasteiger partial charge in [-0.3, -0.25) is 4.79 Å². The van der Waals surface area contributed by atoms with Crippen LogP contribution in [0.5, 0.6) is 5.75 Å². The maximum atomic E-state index is 13.8. The van der Waals surface area contributed by atoms with Gasteiger partial charge >= 0.3 is 0 Å². The Morgan fingerprint density at radius 3 is 2.76 bits per heavy atom. The lowest BCUT2D eigenvalue weighted by atomic mass is 9.74. The number of halogens is 1. The Morgan fingerprint density at radius 2 is 2.19 bits per heavy atom. The Kier molecular flexibility index (Phi) is 4.52. The van der Waals surface area contributed by atoms with Crippen molar-refractivity contribution in [3.8, 4) is 5.75 Å². The van der Waals surface area contributed by atoms with Gasteiger partial charge in [-0.2, -0.15) is 0 Å². The summed E-state index contributed by atoms with van der Waals surface area (Å²) < 4.78 is 18.7. The van der Waals surface area contributed by atoms with Crippen molar-refractivity contribution in [2.75, 3.05) is 19.1 Å². The molecular formula is C16H23FN2O2. The fourth-order valence-electron chi connectivity index (χ4n) is 2.99. The number of methoxy groups -OCH3 is 1. The predicted molar refractivity (Wildman–Crippen MR) is 80.9 cm³/mol. The zero-order chi connectivity index (χ0) is 15.6. The molecule has 0 bridgehead atoms. The SMILES string of the molecule is COc1ccc(N(C)C(=O)C2CCCCC2(C)N)cc1F. The molecule has 2 unspecified atom stereocenters. The second kappa shape index (κ2) is 6.02. The molecular weight excluding hydrogens is 271 g/mol. The number of nitrogens with zero attached hydrogens (tertiary/aromatic N) is 1. The molecule has 1 saturated carbocycles. The quantitative estimate of drug-likeness (QED) is 0.932. The second-order valence-electron chi connectivity index (χ2n) is 6.02. The topological polar surface area (TPSA) is 55.6 Å². The number of carbonyl (C=O) groups excluding carboxylic acids is 1. The van der Waals surface area contributed by atoms with Crippen LogP contribution in [0.3, 0.4) is 0 Å². The van der Waals surface area contributed by atoms with E-state index >= 15 is 0 Å². The number of nitrogens with two attached hydrogens (primary N) is 1. The van der Waals surface area contributed by atoms with E-state index in [1.807, 2.05) is 6.92 Å².